The van der Waals surface area contributed by atoms with Gasteiger partial charge in [0.15, 0.2) is 0 Å². The molecule has 1 aliphatic heterocycles. The number of para-hydroxylation sites is 2. The number of rotatable bonds is 5. The molecule has 1 fully saturated rings. The zero-order chi connectivity index (χ0) is 16.8. The number of aliphatic hydroxyl groups is 1. The largest absolute Gasteiger partial charge is 0.389 e. The Labute approximate surface area is 144 Å². The summed E-state index contributed by atoms with van der Waals surface area (Å²) < 4.78 is 5.99. The molecular weight excluding hydrogens is 300 g/mol. The fourth-order valence-corrected chi connectivity index (χ4v) is 3.19. The molecule has 1 N–H and O–H groups in total. The van der Waals surface area contributed by atoms with Crippen LogP contribution in [0.25, 0.3) is 0 Å². The lowest BCUT2D eigenvalue weighted by molar-refractivity contribution is 0.0169. The molecule has 2 aromatic carbocycles. The number of aliphatic hydroxyl groups excluding tert-OH is 1. The van der Waals surface area contributed by atoms with Crippen LogP contribution in [0.1, 0.15) is 6.92 Å². The summed E-state index contributed by atoms with van der Waals surface area (Å²) in [4.78, 5) is 4.55. The number of likely N-dealkylation sites (N-methyl/N-ethyl adjacent to an activating group) is 1. The summed E-state index contributed by atoms with van der Waals surface area (Å²) in [6.07, 6.45) is -0.399. The average Bonchev–Trinajstić information content (AvgIpc) is 2.83. The second kappa shape index (κ2) is 8.18. The molecule has 4 heteroatoms. The molecule has 0 aromatic heterocycles. The lowest BCUT2D eigenvalue weighted by atomic mass is 10.2. The van der Waals surface area contributed by atoms with E-state index in [1.165, 1.54) is 5.69 Å². The summed E-state index contributed by atoms with van der Waals surface area (Å²) in [7, 11) is 0. The molecule has 0 amide bonds. The van der Waals surface area contributed by atoms with Crippen LogP contribution in [0.4, 0.5) is 11.4 Å². The molecule has 24 heavy (non-hydrogen) atoms. The molecule has 4 nitrogen and oxygen atoms in total. The number of hydrogen-bond acceptors (Lipinski definition) is 4. The van der Waals surface area contributed by atoms with Crippen molar-refractivity contribution < 1.29 is 9.84 Å². The second-order valence-corrected chi connectivity index (χ2v) is 6.22. The van der Waals surface area contributed by atoms with Crippen LogP contribution in [0.15, 0.2) is 60.7 Å². The van der Waals surface area contributed by atoms with Gasteiger partial charge in [-0.1, -0.05) is 36.4 Å². The summed E-state index contributed by atoms with van der Waals surface area (Å²) in [6.45, 7) is 5.69. The summed E-state index contributed by atoms with van der Waals surface area (Å²) >= 11 is 0. The average molecular weight is 326 g/mol. The first-order valence-electron chi connectivity index (χ1n) is 8.66. The number of anilines is 2. The van der Waals surface area contributed by atoms with Gasteiger partial charge in [0, 0.05) is 37.6 Å². The Balaban J connectivity index is 1.72. The minimum absolute atomic E-state index is 0.0579. The predicted octanol–water partition coefficient (Wildman–Crippen LogP) is 2.78. The van der Waals surface area contributed by atoms with Crippen LogP contribution >= 0.6 is 0 Å². The van der Waals surface area contributed by atoms with Crippen molar-refractivity contribution in [2.45, 2.75) is 19.1 Å². The fraction of sp³-hybridized carbons (Fsp3) is 0.400. The van der Waals surface area contributed by atoms with Gasteiger partial charge < -0.3 is 19.6 Å². The van der Waals surface area contributed by atoms with Gasteiger partial charge in [0.2, 0.25) is 0 Å². The van der Waals surface area contributed by atoms with Crippen molar-refractivity contribution in [3.63, 3.8) is 0 Å². The molecule has 2 aromatic rings. The number of benzene rings is 2. The second-order valence-electron chi connectivity index (χ2n) is 6.22. The number of hydrogen-bond donors (Lipinski definition) is 1. The van der Waals surface area contributed by atoms with E-state index in [2.05, 4.69) is 53.1 Å². The third-order valence-corrected chi connectivity index (χ3v) is 4.43. The summed E-state index contributed by atoms with van der Waals surface area (Å²) in [6, 6.07) is 20.7. The summed E-state index contributed by atoms with van der Waals surface area (Å²) in [5.74, 6) is 0. The molecular formula is C20H26N2O2. The lowest BCUT2D eigenvalue weighted by Crippen LogP contribution is -2.40. The van der Waals surface area contributed by atoms with E-state index in [-0.39, 0.29) is 6.10 Å². The van der Waals surface area contributed by atoms with E-state index >= 15 is 0 Å². The zero-order valence-corrected chi connectivity index (χ0v) is 14.2. The van der Waals surface area contributed by atoms with Crippen LogP contribution in [-0.4, -0.2) is 50.1 Å². The van der Waals surface area contributed by atoms with Gasteiger partial charge in [-0.2, -0.15) is 0 Å². The quantitative estimate of drug-likeness (QED) is 0.916. The highest BCUT2D eigenvalue weighted by Gasteiger charge is 2.25. The van der Waals surface area contributed by atoms with Crippen molar-refractivity contribution in [1.29, 1.82) is 0 Å². The Morgan fingerprint density at radius 2 is 1.71 bits per heavy atom. The van der Waals surface area contributed by atoms with Crippen LogP contribution in [-0.2, 0) is 4.74 Å². The Kier molecular flexibility index (Phi) is 5.72. The van der Waals surface area contributed by atoms with Crippen LogP contribution < -0.4 is 9.80 Å². The zero-order valence-electron chi connectivity index (χ0n) is 14.2. The van der Waals surface area contributed by atoms with E-state index in [4.69, 9.17) is 4.74 Å². The van der Waals surface area contributed by atoms with E-state index in [9.17, 15) is 5.11 Å². The maximum atomic E-state index is 10.2. The number of nitrogens with zero attached hydrogens (tertiary/aromatic N) is 2. The molecule has 128 valence electrons. The standard InChI is InChI=1S/C20H26N2O2/c1-2-21(17-9-5-3-6-10-17)14-20-15-22(13-19(23)16-24-20)18-11-7-4-8-12-18/h3-12,19-20,23H,2,13-16H2,1H3. The van der Waals surface area contributed by atoms with Crippen molar-refractivity contribution in [3.05, 3.63) is 60.7 Å². The monoisotopic (exact) mass is 326 g/mol. The molecule has 2 atom stereocenters. The van der Waals surface area contributed by atoms with Gasteiger partial charge >= 0.3 is 0 Å². The van der Waals surface area contributed by atoms with Crippen LogP contribution in [0.3, 0.4) is 0 Å². The van der Waals surface area contributed by atoms with Gasteiger partial charge in [-0.05, 0) is 31.2 Å². The van der Waals surface area contributed by atoms with E-state index in [1.807, 2.05) is 24.3 Å². The van der Waals surface area contributed by atoms with Crippen LogP contribution in [0.2, 0.25) is 0 Å². The van der Waals surface area contributed by atoms with Gasteiger partial charge in [0.25, 0.3) is 0 Å². The third-order valence-electron chi connectivity index (χ3n) is 4.43. The first kappa shape index (κ1) is 16.8. The van der Waals surface area contributed by atoms with E-state index in [0.717, 1.165) is 25.3 Å². The normalized spacial score (nSPS) is 21.3. The molecule has 1 heterocycles. The minimum Gasteiger partial charge on any atom is -0.389 e. The highest BCUT2D eigenvalue weighted by Crippen LogP contribution is 2.20. The highest BCUT2D eigenvalue weighted by atomic mass is 16.5. The molecule has 3 rings (SSSR count). The van der Waals surface area contributed by atoms with Crippen LogP contribution in [0, 0.1) is 0 Å². The van der Waals surface area contributed by atoms with Gasteiger partial charge in [0.05, 0.1) is 18.8 Å². The van der Waals surface area contributed by atoms with Crippen molar-refractivity contribution in [3.8, 4) is 0 Å². The van der Waals surface area contributed by atoms with Crippen molar-refractivity contribution in [2.24, 2.45) is 0 Å². The van der Waals surface area contributed by atoms with E-state index in [1.54, 1.807) is 0 Å². The van der Waals surface area contributed by atoms with Gasteiger partial charge in [-0.25, -0.2) is 0 Å². The molecule has 1 aliphatic rings. The van der Waals surface area contributed by atoms with Gasteiger partial charge in [-0.3, -0.25) is 0 Å². The Morgan fingerprint density at radius 1 is 1.04 bits per heavy atom. The molecule has 0 spiro atoms. The molecule has 0 aliphatic carbocycles. The molecule has 0 saturated carbocycles. The maximum absolute atomic E-state index is 10.2. The van der Waals surface area contributed by atoms with Gasteiger partial charge in [0.1, 0.15) is 0 Å². The van der Waals surface area contributed by atoms with Gasteiger partial charge in [-0.15, -0.1) is 0 Å². The predicted molar refractivity (Wildman–Crippen MR) is 98.7 cm³/mol. The lowest BCUT2D eigenvalue weighted by Gasteiger charge is -2.31. The van der Waals surface area contributed by atoms with E-state index < -0.39 is 6.10 Å². The summed E-state index contributed by atoms with van der Waals surface area (Å²) in [5.41, 5.74) is 2.34. The minimum atomic E-state index is -0.456. The van der Waals surface area contributed by atoms with Crippen molar-refractivity contribution in [2.75, 3.05) is 42.6 Å². The molecule has 1 saturated heterocycles. The topological polar surface area (TPSA) is 35.9 Å². The molecule has 2 unspecified atom stereocenters. The number of β-amino-alcohol motifs (C(OH)–C–C–N with tert-alkyl or cyclic N) is 1. The van der Waals surface area contributed by atoms with Crippen LogP contribution in [0.5, 0.6) is 0 Å². The first-order valence-corrected chi connectivity index (χ1v) is 8.66. The Morgan fingerprint density at radius 3 is 2.38 bits per heavy atom. The fourth-order valence-electron chi connectivity index (χ4n) is 3.19. The third kappa shape index (κ3) is 4.28. The Bertz CT molecular complexity index is 604. The maximum Gasteiger partial charge on any atom is 0.0948 e. The molecule has 0 bridgehead atoms. The first-order chi connectivity index (χ1) is 11.8. The smallest absolute Gasteiger partial charge is 0.0948 e. The Hall–Kier alpha value is -2.04. The SMILES string of the molecule is CCN(CC1CN(c2ccccc2)CC(O)CO1)c1ccccc1. The highest BCUT2D eigenvalue weighted by molar-refractivity contribution is 5.48. The number of ether oxygens (including phenoxy) is 1. The molecule has 0 radical (unpaired) electrons. The van der Waals surface area contributed by atoms with Crippen molar-refractivity contribution >= 4 is 11.4 Å². The van der Waals surface area contributed by atoms with E-state index in [0.29, 0.717) is 13.2 Å². The van der Waals surface area contributed by atoms with Crippen molar-refractivity contribution in [1.82, 2.24) is 0 Å². The summed E-state index contributed by atoms with van der Waals surface area (Å²) in [5, 5.41) is 10.2.